The largest absolute Gasteiger partial charge is 0.168 e. The summed E-state index contributed by atoms with van der Waals surface area (Å²) in [5.74, 6) is 1.16. The molecule has 0 bridgehead atoms. The minimum atomic E-state index is 0.528. The Morgan fingerprint density at radius 3 is 2.17 bits per heavy atom. The molecule has 106 valence electrons. The van der Waals surface area contributed by atoms with Crippen LogP contribution in [0, 0.1) is 0 Å². The van der Waals surface area contributed by atoms with Crippen LogP contribution >= 0.6 is 108 Å². The summed E-state index contributed by atoms with van der Waals surface area (Å²) in [4.78, 5) is 1.50. The van der Waals surface area contributed by atoms with Crippen molar-refractivity contribution in [2.24, 2.45) is 0 Å². The Morgan fingerprint density at radius 2 is 1.67 bits per heavy atom. The summed E-state index contributed by atoms with van der Waals surface area (Å²) in [5, 5.41) is 6.09. The van der Waals surface area contributed by atoms with Crippen LogP contribution < -0.4 is 0 Å². The third-order valence-corrected chi connectivity index (χ3v) is 11.2. The molecule has 0 aliphatic carbocycles. The average Bonchev–Trinajstić information content (AvgIpc) is 2.39. The fraction of sp³-hybridized carbons (Fsp3) is 0.778. The average molecular weight is 413 g/mol. The van der Waals surface area contributed by atoms with Crippen LogP contribution in [0.15, 0.2) is 10.3 Å². The second kappa shape index (κ2) is 12.4. The Labute approximate surface area is 152 Å². The van der Waals surface area contributed by atoms with Crippen LogP contribution in [0.25, 0.3) is 0 Å². The maximum Gasteiger partial charge on any atom is 0.0765 e. The van der Waals surface area contributed by atoms with Gasteiger partial charge in [-0.25, -0.2) is 0 Å². The molecule has 0 aromatic heterocycles. The molecule has 0 spiro atoms. The molecule has 1 aliphatic rings. The lowest BCUT2D eigenvalue weighted by Gasteiger charge is -2.25. The third-order valence-electron chi connectivity index (χ3n) is 1.82. The van der Waals surface area contributed by atoms with Gasteiger partial charge in [0.25, 0.3) is 0 Å². The zero-order chi connectivity index (χ0) is 13.2. The zero-order valence-corrected chi connectivity index (χ0v) is 17.1. The molecular weight excluding hydrogens is 397 g/mol. The lowest BCUT2D eigenvalue weighted by Crippen LogP contribution is -2.14. The molecule has 0 fully saturated rings. The Balaban J connectivity index is 2.56. The zero-order valence-electron chi connectivity index (χ0n) is 9.56. The van der Waals surface area contributed by atoms with Crippen LogP contribution in [0.4, 0.5) is 0 Å². The number of hydrogen-bond donors (Lipinski definition) is 3. The molecule has 0 amide bonds. The molecule has 0 aromatic carbocycles. The van der Waals surface area contributed by atoms with E-state index in [4.69, 9.17) is 0 Å². The molecule has 18 heavy (non-hydrogen) atoms. The van der Waals surface area contributed by atoms with Crippen molar-refractivity contribution in [3.8, 4) is 0 Å². The fourth-order valence-electron chi connectivity index (χ4n) is 1.16. The Morgan fingerprint density at radius 1 is 1.06 bits per heavy atom. The SMILES string of the molecule is SCSC(SCS)C(SCS)SC1=CSCSC1. The van der Waals surface area contributed by atoms with E-state index in [0.717, 1.165) is 21.0 Å². The predicted octanol–water partition coefficient (Wildman–Crippen LogP) is 5.51. The first kappa shape index (κ1) is 18.9. The summed E-state index contributed by atoms with van der Waals surface area (Å²) in [6.07, 6.45) is 0. The summed E-state index contributed by atoms with van der Waals surface area (Å²) in [6, 6.07) is 0. The van der Waals surface area contributed by atoms with Crippen LogP contribution in [0.5, 0.6) is 0 Å². The molecule has 0 aromatic rings. The topological polar surface area (TPSA) is 0 Å². The fourth-order valence-corrected chi connectivity index (χ4v) is 10.8. The predicted molar refractivity (Wildman–Crippen MR) is 112 cm³/mol. The van der Waals surface area contributed by atoms with Crippen LogP contribution in [0.2, 0.25) is 0 Å². The van der Waals surface area contributed by atoms with Gasteiger partial charge >= 0.3 is 0 Å². The summed E-state index contributed by atoms with van der Waals surface area (Å²) >= 11 is 24.7. The normalized spacial score (nSPS) is 17.9. The number of rotatable bonds is 9. The molecule has 0 N–H and O–H groups in total. The van der Waals surface area contributed by atoms with E-state index in [1.807, 2.05) is 70.6 Å². The third kappa shape index (κ3) is 7.77. The Hall–Kier alpha value is 2.89. The van der Waals surface area contributed by atoms with Crippen molar-refractivity contribution in [1.29, 1.82) is 0 Å². The lowest BCUT2D eigenvalue weighted by atomic mass is 10.7. The smallest absolute Gasteiger partial charge is 0.0765 e. The standard InChI is InChI=1S/C9H16S9/c10-3-15-8(16-4-11)9(17-5-12)18-7-1-13-6-14-2-7/h1,8-12H,2-6H2. The summed E-state index contributed by atoms with van der Waals surface area (Å²) in [5.41, 5.74) is 0. The van der Waals surface area contributed by atoms with Gasteiger partial charge < -0.3 is 0 Å². The van der Waals surface area contributed by atoms with E-state index in [1.165, 1.54) is 9.99 Å². The summed E-state index contributed by atoms with van der Waals surface area (Å²) in [7, 11) is 0. The van der Waals surface area contributed by atoms with Gasteiger partial charge in [-0.1, -0.05) is 0 Å². The molecule has 1 rings (SSSR count). The van der Waals surface area contributed by atoms with Crippen LogP contribution in [-0.4, -0.2) is 35.3 Å². The van der Waals surface area contributed by atoms with Gasteiger partial charge in [-0.15, -0.1) is 70.6 Å². The molecule has 9 heteroatoms. The molecule has 0 radical (unpaired) electrons. The molecule has 1 heterocycles. The number of thioether (sulfide) groups is 6. The van der Waals surface area contributed by atoms with Crippen molar-refractivity contribution < 1.29 is 0 Å². The maximum absolute atomic E-state index is 4.37. The molecule has 0 saturated heterocycles. The summed E-state index contributed by atoms with van der Waals surface area (Å²) < 4.78 is 1.06. The first-order valence-corrected chi connectivity index (χ1v) is 13.2. The summed E-state index contributed by atoms with van der Waals surface area (Å²) in [6.45, 7) is 0. The van der Waals surface area contributed by atoms with Crippen molar-refractivity contribution >= 4 is 108 Å². The van der Waals surface area contributed by atoms with Crippen LogP contribution in [-0.2, 0) is 0 Å². The van der Waals surface area contributed by atoms with Crippen molar-refractivity contribution in [2.45, 2.75) is 9.16 Å². The lowest BCUT2D eigenvalue weighted by molar-refractivity contribution is 1.36. The first-order chi connectivity index (χ1) is 8.81. The highest BCUT2D eigenvalue weighted by Gasteiger charge is 2.24. The van der Waals surface area contributed by atoms with E-state index in [0.29, 0.717) is 9.16 Å². The van der Waals surface area contributed by atoms with Crippen LogP contribution in [0.3, 0.4) is 0 Å². The van der Waals surface area contributed by atoms with E-state index in [-0.39, 0.29) is 0 Å². The van der Waals surface area contributed by atoms with E-state index in [1.54, 1.807) is 0 Å². The molecule has 1 aliphatic heterocycles. The van der Waals surface area contributed by atoms with Crippen molar-refractivity contribution in [3.05, 3.63) is 10.3 Å². The second-order valence-corrected chi connectivity index (χ2v) is 12.7. The van der Waals surface area contributed by atoms with Gasteiger partial charge in [-0.3, -0.25) is 0 Å². The number of hydrogen-bond acceptors (Lipinski definition) is 9. The first-order valence-electron chi connectivity index (χ1n) is 5.04. The number of thiol groups is 3. The van der Waals surface area contributed by atoms with Crippen molar-refractivity contribution in [3.63, 3.8) is 0 Å². The minimum Gasteiger partial charge on any atom is -0.168 e. The van der Waals surface area contributed by atoms with Gasteiger partial charge in [0.2, 0.25) is 0 Å². The highest BCUT2D eigenvalue weighted by Crippen LogP contribution is 2.45. The quantitative estimate of drug-likeness (QED) is 0.335. The van der Waals surface area contributed by atoms with E-state index >= 15 is 0 Å². The van der Waals surface area contributed by atoms with E-state index < -0.39 is 0 Å². The maximum atomic E-state index is 4.37. The second-order valence-electron chi connectivity index (χ2n) is 2.96. The van der Waals surface area contributed by atoms with Gasteiger partial charge in [0.15, 0.2) is 0 Å². The van der Waals surface area contributed by atoms with Gasteiger partial charge in [0.05, 0.1) is 9.16 Å². The molecule has 1 atom stereocenters. The molecular formula is C9H16S9. The van der Waals surface area contributed by atoms with Gasteiger partial charge in [0.1, 0.15) is 0 Å². The van der Waals surface area contributed by atoms with Crippen molar-refractivity contribution in [2.75, 3.05) is 26.1 Å². The Bertz CT molecular complexity index is 238. The highest BCUT2D eigenvalue weighted by molar-refractivity contribution is 8.29. The molecule has 0 saturated carbocycles. The van der Waals surface area contributed by atoms with Gasteiger partial charge in [0, 0.05) is 31.0 Å². The highest BCUT2D eigenvalue weighted by atomic mass is 32.2. The van der Waals surface area contributed by atoms with Crippen LogP contribution in [0.1, 0.15) is 0 Å². The van der Waals surface area contributed by atoms with Crippen molar-refractivity contribution in [1.82, 2.24) is 0 Å². The van der Waals surface area contributed by atoms with Gasteiger partial charge in [-0.05, 0) is 5.41 Å². The van der Waals surface area contributed by atoms with Gasteiger partial charge in [-0.2, -0.15) is 37.9 Å². The van der Waals surface area contributed by atoms with E-state index in [9.17, 15) is 0 Å². The molecule has 0 nitrogen and oxygen atoms in total. The minimum absolute atomic E-state index is 0.528. The molecule has 1 unspecified atom stereocenters. The monoisotopic (exact) mass is 412 g/mol. The van der Waals surface area contributed by atoms with E-state index in [2.05, 4.69) is 43.3 Å². The Kier molecular flexibility index (Phi) is 13.1.